The number of likely N-dealkylation sites (N-methyl/N-ethyl adjacent to an activating group) is 1. The number of nitrogens with zero attached hydrogens (tertiary/aromatic N) is 1. The molecule has 1 aliphatic carbocycles. The van der Waals surface area contributed by atoms with Gasteiger partial charge in [0.1, 0.15) is 5.72 Å². The van der Waals surface area contributed by atoms with E-state index in [1.165, 1.54) is 5.57 Å². The normalized spacial score (nSPS) is 30.8. The molecule has 0 bridgehead atoms. The molecule has 0 saturated carbocycles. The Balaban J connectivity index is 2.74. The molecular formula is C9H15NO. The van der Waals surface area contributed by atoms with Crippen molar-refractivity contribution < 1.29 is 5.11 Å². The molecule has 1 atom stereocenters. The molecule has 11 heavy (non-hydrogen) atoms. The lowest BCUT2D eigenvalue weighted by Gasteiger charge is -2.32. The van der Waals surface area contributed by atoms with Crippen LogP contribution in [-0.4, -0.2) is 29.8 Å². The Morgan fingerprint density at radius 2 is 2.18 bits per heavy atom. The van der Waals surface area contributed by atoms with Crippen LogP contribution < -0.4 is 0 Å². The molecule has 1 rings (SSSR count). The lowest BCUT2D eigenvalue weighted by Crippen LogP contribution is -2.42. The summed E-state index contributed by atoms with van der Waals surface area (Å²) in [5, 5.41) is 9.86. The molecule has 2 nitrogen and oxygen atoms in total. The van der Waals surface area contributed by atoms with Gasteiger partial charge in [0, 0.05) is 6.42 Å². The average Bonchev–Trinajstić information content (AvgIpc) is 1.95. The molecule has 0 saturated heterocycles. The molecule has 62 valence electrons. The van der Waals surface area contributed by atoms with Crippen LogP contribution in [-0.2, 0) is 0 Å². The summed E-state index contributed by atoms with van der Waals surface area (Å²) < 4.78 is 0. The smallest absolute Gasteiger partial charge is 0.140 e. The Morgan fingerprint density at radius 3 is 2.55 bits per heavy atom. The molecule has 0 spiro atoms. The number of rotatable bonds is 1. The van der Waals surface area contributed by atoms with E-state index in [-0.39, 0.29) is 0 Å². The third kappa shape index (κ3) is 1.70. The molecule has 0 fully saturated rings. The van der Waals surface area contributed by atoms with E-state index in [1.54, 1.807) is 0 Å². The molecule has 0 radical (unpaired) electrons. The summed E-state index contributed by atoms with van der Waals surface area (Å²) in [6.07, 6.45) is 6.51. The number of hydrogen-bond acceptors (Lipinski definition) is 2. The van der Waals surface area contributed by atoms with E-state index in [0.29, 0.717) is 6.42 Å². The lowest BCUT2D eigenvalue weighted by molar-refractivity contribution is -0.0360. The van der Waals surface area contributed by atoms with Crippen LogP contribution >= 0.6 is 0 Å². The molecule has 0 aliphatic heterocycles. The van der Waals surface area contributed by atoms with E-state index in [4.69, 9.17) is 0 Å². The first-order chi connectivity index (χ1) is 5.04. The monoisotopic (exact) mass is 153 g/mol. The Bertz CT molecular complexity index is 206. The van der Waals surface area contributed by atoms with Gasteiger partial charge >= 0.3 is 0 Å². The maximum atomic E-state index is 9.86. The van der Waals surface area contributed by atoms with E-state index in [0.717, 1.165) is 0 Å². The lowest BCUT2D eigenvalue weighted by atomic mass is 10.00. The van der Waals surface area contributed by atoms with Gasteiger partial charge in [-0.2, -0.15) is 0 Å². The van der Waals surface area contributed by atoms with Crippen molar-refractivity contribution in [2.45, 2.75) is 19.1 Å². The van der Waals surface area contributed by atoms with Gasteiger partial charge in [0.05, 0.1) is 0 Å². The second-order valence-electron chi connectivity index (χ2n) is 3.26. The molecule has 2 heteroatoms. The molecule has 0 aromatic carbocycles. The highest BCUT2D eigenvalue weighted by Gasteiger charge is 2.26. The van der Waals surface area contributed by atoms with Crippen LogP contribution in [0.5, 0.6) is 0 Å². The molecule has 0 aromatic rings. The van der Waals surface area contributed by atoms with Crippen molar-refractivity contribution in [3.05, 3.63) is 23.8 Å². The number of allylic oxidation sites excluding steroid dienone is 2. The summed E-state index contributed by atoms with van der Waals surface area (Å²) in [5.41, 5.74) is 0.455. The van der Waals surface area contributed by atoms with Gasteiger partial charge in [-0.3, -0.25) is 4.90 Å². The predicted molar refractivity (Wildman–Crippen MR) is 46.2 cm³/mol. The standard InChI is InChI=1S/C9H15NO/c1-8-4-6-9(11,7-5-8)10(2)3/h4-6,11H,7H2,1-3H3. The van der Waals surface area contributed by atoms with E-state index >= 15 is 0 Å². The predicted octanol–water partition coefficient (Wildman–Crippen LogP) is 1.14. The second kappa shape index (κ2) is 2.80. The van der Waals surface area contributed by atoms with E-state index in [1.807, 2.05) is 44.1 Å². The van der Waals surface area contributed by atoms with Crippen LogP contribution in [0.4, 0.5) is 0 Å². The quantitative estimate of drug-likeness (QED) is 0.571. The van der Waals surface area contributed by atoms with Crippen LogP contribution in [0.1, 0.15) is 13.3 Å². The fraction of sp³-hybridized carbons (Fsp3) is 0.556. The molecule has 1 N–H and O–H groups in total. The zero-order valence-corrected chi connectivity index (χ0v) is 7.33. The fourth-order valence-corrected chi connectivity index (χ4v) is 1.04. The SMILES string of the molecule is CC1=CCC(O)(N(C)C)C=C1. The van der Waals surface area contributed by atoms with E-state index in [2.05, 4.69) is 0 Å². The minimum Gasteiger partial charge on any atom is -0.372 e. The van der Waals surface area contributed by atoms with Crippen molar-refractivity contribution in [3.8, 4) is 0 Å². The highest BCUT2D eigenvalue weighted by molar-refractivity contribution is 5.25. The largest absolute Gasteiger partial charge is 0.372 e. The van der Waals surface area contributed by atoms with Crippen molar-refractivity contribution in [1.82, 2.24) is 4.90 Å². The molecule has 1 unspecified atom stereocenters. The summed E-state index contributed by atoms with van der Waals surface area (Å²) >= 11 is 0. The van der Waals surface area contributed by atoms with Crippen molar-refractivity contribution in [3.63, 3.8) is 0 Å². The topological polar surface area (TPSA) is 23.5 Å². The van der Waals surface area contributed by atoms with Crippen molar-refractivity contribution in [2.24, 2.45) is 0 Å². The van der Waals surface area contributed by atoms with Crippen LogP contribution in [0, 0.1) is 0 Å². The minimum atomic E-state index is -0.764. The third-order valence-electron chi connectivity index (χ3n) is 2.11. The van der Waals surface area contributed by atoms with Crippen molar-refractivity contribution >= 4 is 0 Å². The minimum absolute atomic E-state index is 0.683. The zero-order valence-electron chi connectivity index (χ0n) is 7.33. The number of aliphatic hydroxyl groups is 1. The third-order valence-corrected chi connectivity index (χ3v) is 2.11. The maximum Gasteiger partial charge on any atom is 0.140 e. The van der Waals surface area contributed by atoms with Crippen LogP contribution in [0.2, 0.25) is 0 Å². The summed E-state index contributed by atoms with van der Waals surface area (Å²) in [6.45, 7) is 2.03. The van der Waals surface area contributed by atoms with Gasteiger partial charge in [0.2, 0.25) is 0 Å². The first-order valence-electron chi connectivity index (χ1n) is 3.80. The first-order valence-corrected chi connectivity index (χ1v) is 3.80. The Hall–Kier alpha value is -0.600. The van der Waals surface area contributed by atoms with Crippen molar-refractivity contribution in [1.29, 1.82) is 0 Å². The fourth-order valence-electron chi connectivity index (χ4n) is 1.04. The van der Waals surface area contributed by atoms with Crippen LogP contribution in [0.25, 0.3) is 0 Å². The number of hydrogen-bond donors (Lipinski definition) is 1. The molecule has 0 amide bonds. The zero-order chi connectivity index (χ0) is 8.48. The van der Waals surface area contributed by atoms with E-state index in [9.17, 15) is 5.11 Å². The Kier molecular flexibility index (Phi) is 2.16. The molecule has 0 aromatic heterocycles. The van der Waals surface area contributed by atoms with Gasteiger partial charge in [-0.05, 0) is 27.1 Å². The van der Waals surface area contributed by atoms with Gasteiger partial charge in [-0.15, -0.1) is 0 Å². The van der Waals surface area contributed by atoms with Gasteiger partial charge in [0.25, 0.3) is 0 Å². The summed E-state index contributed by atoms with van der Waals surface area (Å²) in [7, 11) is 3.75. The summed E-state index contributed by atoms with van der Waals surface area (Å²) in [5.74, 6) is 0. The van der Waals surface area contributed by atoms with Crippen LogP contribution in [0.15, 0.2) is 23.8 Å². The van der Waals surface area contributed by atoms with E-state index < -0.39 is 5.72 Å². The van der Waals surface area contributed by atoms with Gasteiger partial charge in [-0.25, -0.2) is 0 Å². The van der Waals surface area contributed by atoms with Gasteiger partial charge in [-0.1, -0.05) is 17.7 Å². The summed E-state index contributed by atoms with van der Waals surface area (Å²) in [6, 6.07) is 0. The molecule has 0 heterocycles. The highest BCUT2D eigenvalue weighted by Crippen LogP contribution is 2.21. The summed E-state index contributed by atoms with van der Waals surface area (Å²) in [4.78, 5) is 1.81. The molecular weight excluding hydrogens is 138 g/mol. The van der Waals surface area contributed by atoms with Crippen LogP contribution in [0.3, 0.4) is 0 Å². The van der Waals surface area contributed by atoms with Gasteiger partial charge < -0.3 is 5.11 Å². The van der Waals surface area contributed by atoms with Crippen molar-refractivity contribution in [2.75, 3.05) is 14.1 Å². The Morgan fingerprint density at radius 1 is 1.55 bits per heavy atom. The van der Waals surface area contributed by atoms with Gasteiger partial charge in [0.15, 0.2) is 0 Å². The maximum absolute atomic E-state index is 9.86. The average molecular weight is 153 g/mol. The highest BCUT2D eigenvalue weighted by atomic mass is 16.3. The Labute approximate surface area is 67.8 Å². The molecule has 1 aliphatic rings. The first kappa shape index (κ1) is 8.50. The second-order valence-corrected chi connectivity index (χ2v) is 3.26.